The molecule has 0 saturated carbocycles. The second-order valence-corrected chi connectivity index (χ2v) is 3.91. The van der Waals surface area contributed by atoms with E-state index in [9.17, 15) is 0 Å². The summed E-state index contributed by atoms with van der Waals surface area (Å²) in [7, 11) is 1.93. The van der Waals surface area contributed by atoms with E-state index < -0.39 is 0 Å². The minimum Gasteiger partial charge on any atom is -0.368 e. The summed E-state index contributed by atoms with van der Waals surface area (Å²) in [6.07, 6.45) is 5.12. The zero-order chi connectivity index (χ0) is 13.0. The summed E-state index contributed by atoms with van der Waals surface area (Å²) in [6.45, 7) is 3.01. The Morgan fingerprint density at radius 2 is 2.17 bits per heavy atom. The van der Waals surface area contributed by atoms with Crippen LogP contribution in [0.2, 0.25) is 0 Å². The van der Waals surface area contributed by atoms with Crippen molar-refractivity contribution in [1.29, 1.82) is 0 Å². The second kappa shape index (κ2) is 5.39. The molecule has 2 aromatic rings. The molecule has 0 aliphatic rings. The standard InChI is InChI=1S/C10H16N8/c1-3-4-5-17(2)9-14-8(11)15-10(16-9)18-7-12-6-13-18/h6-7H,3-5H2,1-2H3,(H2,11,14,15,16). The summed E-state index contributed by atoms with van der Waals surface area (Å²) < 4.78 is 1.45. The number of nitrogens with zero attached hydrogens (tertiary/aromatic N) is 7. The van der Waals surface area contributed by atoms with E-state index >= 15 is 0 Å². The summed E-state index contributed by atoms with van der Waals surface area (Å²) in [5.41, 5.74) is 5.68. The van der Waals surface area contributed by atoms with Gasteiger partial charge in [0.1, 0.15) is 12.7 Å². The summed E-state index contributed by atoms with van der Waals surface area (Å²) in [5, 5.41) is 3.97. The molecule has 0 radical (unpaired) electrons. The van der Waals surface area contributed by atoms with Crippen molar-refractivity contribution in [2.45, 2.75) is 19.8 Å². The van der Waals surface area contributed by atoms with Gasteiger partial charge in [0.25, 0.3) is 5.95 Å². The van der Waals surface area contributed by atoms with Crippen LogP contribution in [0.5, 0.6) is 0 Å². The van der Waals surface area contributed by atoms with Gasteiger partial charge in [-0.1, -0.05) is 13.3 Å². The van der Waals surface area contributed by atoms with Crippen LogP contribution in [-0.2, 0) is 0 Å². The third-order valence-electron chi connectivity index (χ3n) is 2.44. The van der Waals surface area contributed by atoms with Gasteiger partial charge >= 0.3 is 0 Å². The Hall–Kier alpha value is -2.25. The molecule has 8 nitrogen and oxygen atoms in total. The lowest BCUT2D eigenvalue weighted by Crippen LogP contribution is -2.22. The molecule has 0 aliphatic carbocycles. The van der Waals surface area contributed by atoms with E-state index in [1.165, 1.54) is 17.3 Å². The van der Waals surface area contributed by atoms with Crippen molar-refractivity contribution in [3.8, 4) is 5.95 Å². The predicted octanol–water partition coefficient (Wildman–Crippen LogP) is 0.271. The van der Waals surface area contributed by atoms with E-state index in [-0.39, 0.29) is 5.95 Å². The van der Waals surface area contributed by atoms with Crippen LogP contribution in [0.25, 0.3) is 5.95 Å². The van der Waals surface area contributed by atoms with Gasteiger partial charge in [0, 0.05) is 13.6 Å². The highest BCUT2D eigenvalue weighted by Gasteiger charge is 2.10. The Morgan fingerprint density at radius 1 is 1.33 bits per heavy atom. The molecule has 0 aliphatic heterocycles. The van der Waals surface area contributed by atoms with Crippen LogP contribution in [0.3, 0.4) is 0 Å². The van der Waals surface area contributed by atoms with Crippen molar-refractivity contribution < 1.29 is 0 Å². The summed E-state index contributed by atoms with van der Waals surface area (Å²) in [4.78, 5) is 18.3. The topological polar surface area (TPSA) is 98.6 Å². The van der Waals surface area contributed by atoms with Crippen LogP contribution in [-0.4, -0.2) is 43.3 Å². The van der Waals surface area contributed by atoms with Gasteiger partial charge in [-0.3, -0.25) is 0 Å². The fourth-order valence-electron chi connectivity index (χ4n) is 1.45. The Bertz CT molecular complexity index is 495. The van der Waals surface area contributed by atoms with Crippen LogP contribution < -0.4 is 10.6 Å². The molecule has 8 heteroatoms. The third-order valence-corrected chi connectivity index (χ3v) is 2.44. The molecule has 2 heterocycles. The van der Waals surface area contributed by atoms with Crippen LogP contribution >= 0.6 is 0 Å². The van der Waals surface area contributed by atoms with Crippen LogP contribution in [0.15, 0.2) is 12.7 Å². The fraction of sp³-hybridized carbons (Fsp3) is 0.500. The lowest BCUT2D eigenvalue weighted by atomic mass is 10.3. The lowest BCUT2D eigenvalue weighted by molar-refractivity contribution is 0.734. The van der Waals surface area contributed by atoms with Crippen LogP contribution in [0.1, 0.15) is 19.8 Å². The van der Waals surface area contributed by atoms with Gasteiger partial charge in [0.2, 0.25) is 11.9 Å². The van der Waals surface area contributed by atoms with E-state index in [1.54, 1.807) is 0 Å². The minimum absolute atomic E-state index is 0.175. The summed E-state index contributed by atoms with van der Waals surface area (Å²) in [6, 6.07) is 0. The Labute approximate surface area is 105 Å². The van der Waals surface area contributed by atoms with Crippen molar-refractivity contribution in [2.75, 3.05) is 24.2 Å². The molecule has 0 atom stereocenters. The first-order chi connectivity index (χ1) is 8.70. The number of hydrogen-bond donors (Lipinski definition) is 1. The summed E-state index contributed by atoms with van der Waals surface area (Å²) in [5.74, 6) is 1.09. The molecule has 0 spiro atoms. The van der Waals surface area contributed by atoms with Gasteiger partial charge in [0.15, 0.2) is 0 Å². The number of rotatable bonds is 5. The van der Waals surface area contributed by atoms with Crippen molar-refractivity contribution in [3.05, 3.63) is 12.7 Å². The van der Waals surface area contributed by atoms with Gasteiger partial charge in [-0.05, 0) is 6.42 Å². The molecule has 2 N–H and O–H groups in total. The predicted molar refractivity (Wildman–Crippen MR) is 67.3 cm³/mol. The molecule has 18 heavy (non-hydrogen) atoms. The Kier molecular flexibility index (Phi) is 3.66. The van der Waals surface area contributed by atoms with Gasteiger partial charge in [-0.25, -0.2) is 4.98 Å². The first-order valence-electron chi connectivity index (χ1n) is 5.78. The van der Waals surface area contributed by atoms with E-state index in [0.717, 1.165) is 19.4 Å². The van der Waals surface area contributed by atoms with E-state index in [1.807, 2.05) is 11.9 Å². The van der Waals surface area contributed by atoms with Crippen LogP contribution in [0, 0.1) is 0 Å². The first kappa shape index (κ1) is 12.2. The lowest BCUT2D eigenvalue weighted by Gasteiger charge is -2.16. The molecule has 2 aromatic heterocycles. The van der Waals surface area contributed by atoms with Crippen molar-refractivity contribution in [2.24, 2.45) is 0 Å². The molecular weight excluding hydrogens is 232 g/mol. The zero-order valence-electron chi connectivity index (χ0n) is 10.5. The largest absolute Gasteiger partial charge is 0.368 e. The monoisotopic (exact) mass is 248 g/mol. The number of hydrogen-bond acceptors (Lipinski definition) is 7. The molecule has 2 rings (SSSR count). The van der Waals surface area contributed by atoms with Crippen molar-refractivity contribution in [1.82, 2.24) is 29.7 Å². The molecule has 0 fully saturated rings. The average Bonchev–Trinajstić information content (AvgIpc) is 2.89. The van der Waals surface area contributed by atoms with Crippen molar-refractivity contribution >= 4 is 11.9 Å². The normalized spacial score (nSPS) is 10.6. The number of nitrogen functional groups attached to an aromatic ring is 1. The maximum absolute atomic E-state index is 5.68. The molecule has 0 saturated heterocycles. The summed E-state index contributed by atoms with van der Waals surface area (Å²) >= 11 is 0. The molecule has 0 aromatic carbocycles. The third kappa shape index (κ3) is 2.70. The van der Waals surface area contributed by atoms with E-state index in [2.05, 4.69) is 32.0 Å². The zero-order valence-corrected chi connectivity index (χ0v) is 10.5. The number of aromatic nitrogens is 6. The van der Waals surface area contributed by atoms with Gasteiger partial charge < -0.3 is 10.6 Å². The van der Waals surface area contributed by atoms with Gasteiger partial charge in [0.05, 0.1) is 0 Å². The Balaban J connectivity index is 2.26. The quantitative estimate of drug-likeness (QED) is 0.810. The molecular formula is C10H16N8. The average molecular weight is 248 g/mol. The number of anilines is 2. The highest BCUT2D eigenvalue weighted by molar-refractivity contribution is 5.36. The molecule has 96 valence electrons. The Morgan fingerprint density at radius 3 is 2.83 bits per heavy atom. The number of unbranched alkanes of at least 4 members (excludes halogenated alkanes) is 1. The van der Waals surface area contributed by atoms with E-state index in [0.29, 0.717) is 11.9 Å². The minimum atomic E-state index is 0.175. The van der Waals surface area contributed by atoms with Crippen LogP contribution in [0.4, 0.5) is 11.9 Å². The molecule has 0 amide bonds. The van der Waals surface area contributed by atoms with Gasteiger partial charge in [-0.2, -0.15) is 24.7 Å². The fourth-order valence-corrected chi connectivity index (χ4v) is 1.45. The second-order valence-electron chi connectivity index (χ2n) is 3.91. The maximum atomic E-state index is 5.68. The first-order valence-corrected chi connectivity index (χ1v) is 5.78. The molecule has 0 unspecified atom stereocenters. The highest BCUT2D eigenvalue weighted by atomic mass is 15.4. The maximum Gasteiger partial charge on any atom is 0.258 e. The highest BCUT2D eigenvalue weighted by Crippen LogP contribution is 2.10. The van der Waals surface area contributed by atoms with Crippen molar-refractivity contribution in [3.63, 3.8) is 0 Å². The smallest absolute Gasteiger partial charge is 0.258 e. The SMILES string of the molecule is CCCCN(C)c1nc(N)nc(-n2cncn2)n1. The van der Waals surface area contributed by atoms with Gasteiger partial charge in [-0.15, -0.1) is 0 Å². The van der Waals surface area contributed by atoms with E-state index in [4.69, 9.17) is 5.73 Å². The number of nitrogens with two attached hydrogens (primary N) is 1. The molecule has 0 bridgehead atoms.